The zero-order valence-electron chi connectivity index (χ0n) is 28.4. The Labute approximate surface area is 260 Å². The highest BCUT2D eigenvalue weighted by molar-refractivity contribution is 5.75. The second kappa shape index (κ2) is 11.3. The Morgan fingerprint density at radius 1 is 0.814 bits per heavy atom. The summed E-state index contributed by atoms with van der Waals surface area (Å²) in [5, 5.41) is 10.8. The third-order valence-electron chi connectivity index (χ3n) is 15.2. The van der Waals surface area contributed by atoms with E-state index in [1.54, 1.807) is 6.92 Å². The van der Waals surface area contributed by atoms with Crippen molar-refractivity contribution >= 4 is 17.9 Å². The van der Waals surface area contributed by atoms with Crippen molar-refractivity contribution in [2.45, 2.75) is 145 Å². The van der Waals surface area contributed by atoms with Crippen molar-refractivity contribution < 1.29 is 29.0 Å². The fraction of sp³-hybridized carbons (Fsp3) is 0.919. The van der Waals surface area contributed by atoms with Crippen molar-refractivity contribution in [3.05, 3.63) is 0 Å². The lowest BCUT2D eigenvalue weighted by Gasteiger charge is -2.73. The molecule has 0 saturated heterocycles. The first kappa shape index (κ1) is 32.8. The molecule has 0 spiro atoms. The molecule has 0 aromatic carbocycles. The molecule has 244 valence electrons. The van der Waals surface area contributed by atoms with Crippen LogP contribution in [0.25, 0.3) is 0 Å². The van der Waals surface area contributed by atoms with Crippen LogP contribution in [0.2, 0.25) is 0 Å². The van der Waals surface area contributed by atoms with Gasteiger partial charge in [0.2, 0.25) is 0 Å². The predicted molar refractivity (Wildman–Crippen MR) is 164 cm³/mol. The Bertz CT molecular complexity index is 1100. The van der Waals surface area contributed by atoms with Crippen LogP contribution in [-0.2, 0) is 23.9 Å². The molecule has 5 fully saturated rings. The molecule has 0 aromatic rings. The number of aliphatic carboxylic acids is 1. The summed E-state index contributed by atoms with van der Waals surface area (Å²) >= 11 is 0. The van der Waals surface area contributed by atoms with Crippen molar-refractivity contribution in [2.75, 3.05) is 6.61 Å². The summed E-state index contributed by atoms with van der Waals surface area (Å²) in [7, 11) is 0. The molecule has 0 unspecified atom stereocenters. The van der Waals surface area contributed by atoms with Gasteiger partial charge in [0, 0.05) is 18.3 Å². The van der Waals surface area contributed by atoms with Crippen LogP contribution >= 0.6 is 0 Å². The number of hydrogen-bond donors (Lipinski definition) is 0. The average Bonchev–Trinajstić information content (AvgIpc) is 3.29. The zero-order chi connectivity index (χ0) is 31.6. The van der Waals surface area contributed by atoms with E-state index in [0.717, 1.165) is 19.3 Å². The molecule has 10 atom stereocenters. The minimum absolute atomic E-state index is 0.00911. The Morgan fingerprint density at radius 3 is 2.19 bits per heavy atom. The Hall–Kier alpha value is -1.59. The molecule has 0 aliphatic heterocycles. The lowest BCUT2D eigenvalue weighted by molar-refractivity contribution is -0.305. The lowest BCUT2D eigenvalue weighted by atomic mass is 9.32. The monoisotopic (exact) mass is 599 g/mol. The summed E-state index contributed by atoms with van der Waals surface area (Å²) < 4.78 is 11.6. The van der Waals surface area contributed by atoms with Crippen LogP contribution in [0.1, 0.15) is 139 Å². The summed E-state index contributed by atoms with van der Waals surface area (Å²) in [6, 6.07) is 0. The van der Waals surface area contributed by atoms with E-state index in [9.17, 15) is 19.5 Å². The number of carboxylic acids is 1. The number of carbonyl (C=O) groups excluding carboxylic acids is 3. The fourth-order valence-electron chi connectivity index (χ4n) is 13.0. The predicted octanol–water partition coefficient (Wildman–Crippen LogP) is 7.12. The van der Waals surface area contributed by atoms with Crippen LogP contribution in [0.5, 0.6) is 0 Å². The molecule has 6 heteroatoms. The molecule has 0 bridgehead atoms. The van der Waals surface area contributed by atoms with Gasteiger partial charge in [-0.25, -0.2) is 0 Å². The maximum absolute atomic E-state index is 12.3. The summed E-state index contributed by atoms with van der Waals surface area (Å²) in [5.74, 6) is 2.12. The molecule has 6 nitrogen and oxygen atoms in total. The highest BCUT2D eigenvalue weighted by Crippen LogP contribution is 2.78. The fourth-order valence-corrected chi connectivity index (χ4v) is 13.0. The van der Waals surface area contributed by atoms with Crippen LogP contribution in [0, 0.1) is 62.6 Å². The standard InChI is InChI=1S/C37H60O6/c1-23(2)25-13-18-37(21-22-42-31(41)12-11-30(39)40)20-19-35(7)26(32(25)37)9-10-28-34(6)16-15-29(43-24(3)38)33(4,5)27(34)14-17-36(28,35)8/h23,25-29,32H,9-22H2,1-8H3,(H,39,40)/p-1/t25-,26+,27-,28+,29-,32-,34-,35+,36+,37+/m0/s1. The van der Waals surface area contributed by atoms with Gasteiger partial charge in [-0.05, 0) is 134 Å². The quantitative estimate of drug-likeness (QED) is 0.276. The van der Waals surface area contributed by atoms with E-state index >= 15 is 0 Å². The van der Waals surface area contributed by atoms with Crippen molar-refractivity contribution in [3.8, 4) is 0 Å². The van der Waals surface area contributed by atoms with E-state index in [4.69, 9.17) is 9.47 Å². The molecular weight excluding hydrogens is 540 g/mol. The highest BCUT2D eigenvalue weighted by atomic mass is 16.5. The molecule has 0 heterocycles. The topological polar surface area (TPSA) is 92.7 Å². The van der Waals surface area contributed by atoms with Gasteiger partial charge in [0.1, 0.15) is 6.10 Å². The third-order valence-corrected chi connectivity index (χ3v) is 15.2. The third kappa shape index (κ3) is 5.17. The van der Waals surface area contributed by atoms with Crippen LogP contribution < -0.4 is 5.11 Å². The van der Waals surface area contributed by atoms with Crippen molar-refractivity contribution in [2.24, 2.45) is 62.6 Å². The SMILES string of the molecule is CC(=O)O[C@H]1CC[C@]2(C)[C@H]3CC[C@@H]4[C@@H]5[C@H](C(C)C)CC[C@]5(CCOC(=O)CCC(=O)[O-])CC[C@@]4(C)[C@]3(C)CC[C@H]2C1(C)C. The largest absolute Gasteiger partial charge is 0.550 e. The number of esters is 2. The summed E-state index contributed by atoms with van der Waals surface area (Å²) in [4.78, 5) is 35.1. The van der Waals surface area contributed by atoms with Gasteiger partial charge in [-0.1, -0.05) is 48.5 Å². The van der Waals surface area contributed by atoms with Gasteiger partial charge in [-0.2, -0.15) is 0 Å². The van der Waals surface area contributed by atoms with Gasteiger partial charge in [0.15, 0.2) is 0 Å². The van der Waals surface area contributed by atoms with E-state index < -0.39 is 11.9 Å². The Morgan fingerprint density at radius 2 is 1.53 bits per heavy atom. The second-order valence-electron chi connectivity index (χ2n) is 17.3. The van der Waals surface area contributed by atoms with Crippen molar-refractivity contribution in [3.63, 3.8) is 0 Å². The van der Waals surface area contributed by atoms with E-state index in [2.05, 4.69) is 48.5 Å². The van der Waals surface area contributed by atoms with Gasteiger partial charge in [-0.15, -0.1) is 0 Å². The number of ether oxygens (including phenoxy) is 2. The maximum Gasteiger partial charge on any atom is 0.306 e. The average molecular weight is 600 g/mol. The van der Waals surface area contributed by atoms with Gasteiger partial charge in [0.05, 0.1) is 13.0 Å². The van der Waals surface area contributed by atoms with E-state index in [1.165, 1.54) is 51.4 Å². The maximum atomic E-state index is 12.3. The zero-order valence-corrected chi connectivity index (χ0v) is 28.4. The first-order chi connectivity index (χ1) is 20.0. The minimum Gasteiger partial charge on any atom is -0.550 e. The number of fused-ring (bicyclic) bond motifs is 7. The van der Waals surface area contributed by atoms with Crippen molar-refractivity contribution in [1.29, 1.82) is 0 Å². The summed E-state index contributed by atoms with van der Waals surface area (Å²) in [6.45, 7) is 19.5. The highest BCUT2D eigenvalue weighted by Gasteiger charge is 2.71. The molecule has 0 N–H and O–H groups in total. The molecular formula is C37H59O6-. The summed E-state index contributed by atoms with van der Waals surface area (Å²) in [5.41, 5.74) is 0.993. The molecule has 0 aromatic heterocycles. The van der Waals surface area contributed by atoms with Gasteiger partial charge in [0.25, 0.3) is 0 Å². The Kier molecular flexibility index (Phi) is 8.64. The van der Waals surface area contributed by atoms with E-state index in [-0.39, 0.29) is 52.0 Å². The molecule has 0 amide bonds. The van der Waals surface area contributed by atoms with Gasteiger partial charge >= 0.3 is 11.9 Å². The van der Waals surface area contributed by atoms with Crippen molar-refractivity contribution in [1.82, 2.24) is 0 Å². The molecule has 43 heavy (non-hydrogen) atoms. The number of hydrogen-bond acceptors (Lipinski definition) is 6. The van der Waals surface area contributed by atoms with E-state index in [1.807, 2.05) is 0 Å². The smallest absolute Gasteiger partial charge is 0.306 e. The molecule has 5 saturated carbocycles. The molecule has 5 aliphatic rings. The summed E-state index contributed by atoms with van der Waals surface area (Å²) in [6.07, 6.45) is 12.6. The first-order valence-corrected chi connectivity index (χ1v) is 17.5. The van der Waals surface area contributed by atoms with Gasteiger partial charge < -0.3 is 19.4 Å². The first-order valence-electron chi connectivity index (χ1n) is 17.5. The molecule has 0 radical (unpaired) electrons. The molecule has 5 aliphatic carbocycles. The molecule has 5 rings (SSSR count). The van der Waals surface area contributed by atoms with E-state index in [0.29, 0.717) is 42.1 Å². The van der Waals surface area contributed by atoms with Crippen LogP contribution in [0.3, 0.4) is 0 Å². The van der Waals surface area contributed by atoms with Crippen LogP contribution in [-0.4, -0.2) is 30.6 Å². The minimum atomic E-state index is -1.20. The van der Waals surface area contributed by atoms with Crippen LogP contribution in [0.4, 0.5) is 0 Å². The number of rotatable bonds is 8. The van der Waals surface area contributed by atoms with Gasteiger partial charge in [-0.3, -0.25) is 9.59 Å². The lowest BCUT2D eigenvalue weighted by Crippen LogP contribution is -2.66. The second-order valence-corrected chi connectivity index (χ2v) is 17.3. The normalized spacial score (nSPS) is 44.9. The Balaban J connectivity index is 1.40. The number of carbonyl (C=O) groups is 3. The van der Waals surface area contributed by atoms with Crippen LogP contribution in [0.15, 0.2) is 0 Å². The number of carboxylic acid groups (broad SMARTS) is 1.